The number of hydrogen-bond donors (Lipinski definition) is 1. The van der Waals surface area contributed by atoms with Crippen molar-refractivity contribution in [3.8, 4) is 0 Å². The lowest BCUT2D eigenvalue weighted by atomic mass is 10.3. The Kier molecular flexibility index (Phi) is 5.77. The average molecular weight is 291 g/mol. The van der Waals surface area contributed by atoms with E-state index in [4.69, 9.17) is 0 Å². The van der Waals surface area contributed by atoms with E-state index in [2.05, 4.69) is 9.46 Å². The molecule has 0 radical (unpaired) electrons. The second-order valence-corrected chi connectivity index (χ2v) is 6.77. The predicted octanol–water partition coefficient (Wildman–Crippen LogP) is 1.43. The topological polar surface area (TPSA) is 72.5 Å². The molecule has 0 amide bonds. The summed E-state index contributed by atoms with van der Waals surface area (Å²) in [6.45, 7) is 2.25. The minimum absolute atomic E-state index is 0.0630. The molecule has 102 valence electrons. The van der Waals surface area contributed by atoms with E-state index in [0.29, 0.717) is 6.54 Å². The van der Waals surface area contributed by atoms with Gasteiger partial charge in [-0.25, -0.2) is 13.1 Å². The van der Waals surface area contributed by atoms with Crippen LogP contribution in [0.25, 0.3) is 0 Å². The zero-order chi connectivity index (χ0) is 13.6. The van der Waals surface area contributed by atoms with E-state index in [1.807, 2.05) is 18.4 Å². The maximum atomic E-state index is 11.6. The van der Waals surface area contributed by atoms with E-state index in [0.717, 1.165) is 10.4 Å². The van der Waals surface area contributed by atoms with Crippen LogP contribution in [0.5, 0.6) is 0 Å². The van der Waals surface area contributed by atoms with Gasteiger partial charge in [-0.1, -0.05) is 0 Å². The Morgan fingerprint density at radius 3 is 2.78 bits per heavy atom. The minimum atomic E-state index is -3.33. The lowest BCUT2D eigenvalue weighted by Gasteiger charge is -2.05. The SMILES string of the molecule is COC(=O)CCCS(=O)(=O)NCc1sccc1C. The summed E-state index contributed by atoms with van der Waals surface area (Å²) in [6, 6.07) is 1.95. The fourth-order valence-corrected chi connectivity index (χ4v) is 3.31. The third-order valence-corrected chi connectivity index (χ3v) is 4.88. The van der Waals surface area contributed by atoms with E-state index in [1.54, 1.807) is 0 Å². The van der Waals surface area contributed by atoms with Gasteiger partial charge in [0.1, 0.15) is 0 Å². The van der Waals surface area contributed by atoms with Gasteiger partial charge in [-0.2, -0.15) is 0 Å². The summed E-state index contributed by atoms with van der Waals surface area (Å²) in [5.74, 6) is -0.453. The molecule has 0 aliphatic carbocycles. The number of ether oxygens (including phenoxy) is 1. The summed E-state index contributed by atoms with van der Waals surface area (Å²) >= 11 is 1.52. The molecule has 0 saturated carbocycles. The molecular weight excluding hydrogens is 274 g/mol. The Hall–Kier alpha value is -0.920. The van der Waals surface area contributed by atoms with Crippen LogP contribution in [-0.4, -0.2) is 27.2 Å². The molecule has 0 spiro atoms. The standard InChI is InChI=1S/C11H17NO4S2/c1-9-5-6-17-10(9)8-12-18(14,15)7-3-4-11(13)16-2/h5-6,12H,3-4,7-8H2,1-2H3. The van der Waals surface area contributed by atoms with Gasteiger partial charge in [-0.15, -0.1) is 11.3 Å². The van der Waals surface area contributed by atoms with E-state index < -0.39 is 10.0 Å². The summed E-state index contributed by atoms with van der Waals surface area (Å²) in [5.41, 5.74) is 1.08. The van der Waals surface area contributed by atoms with Crippen molar-refractivity contribution in [2.24, 2.45) is 0 Å². The zero-order valence-corrected chi connectivity index (χ0v) is 12.1. The Bertz CT molecular complexity index is 493. The van der Waals surface area contributed by atoms with E-state index in [-0.39, 0.29) is 24.6 Å². The smallest absolute Gasteiger partial charge is 0.305 e. The monoisotopic (exact) mass is 291 g/mol. The maximum absolute atomic E-state index is 11.6. The van der Waals surface area contributed by atoms with E-state index in [1.165, 1.54) is 18.4 Å². The molecule has 0 saturated heterocycles. The van der Waals surface area contributed by atoms with Gasteiger partial charge in [0.15, 0.2) is 0 Å². The highest BCUT2D eigenvalue weighted by Crippen LogP contribution is 2.15. The molecule has 0 unspecified atom stereocenters. The van der Waals surface area contributed by atoms with Crippen LogP contribution in [0.2, 0.25) is 0 Å². The van der Waals surface area contributed by atoms with Crippen LogP contribution in [0.4, 0.5) is 0 Å². The van der Waals surface area contributed by atoms with Crippen LogP contribution < -0.4 is 4.72 Å². The van der Waals surface area contributed by atoms with Crippen LogP contribution >= 0.6 is 11.3 Å². The first-order valence-electron chi connectivity index (χ1n) is 5.52. The number of carbonyl (C=O) groups excluding carboxylic acids is 1. The molecule has 1 N–H and O–H groups in total. The van der Waals surface area contributed by atoms with Crippen LogP contribution in [-0.2, 0) is 26.1 Å². The van der Waals surface area contributed by atoms with Gasteiger partial charge in [0.2, 0.25) is 10.0 Å². The number of thiophene rings is 1. The van der Waals surface area contributed by atoms with Crippen molar-refractivity contribution in [2.75, 3.05) is 12.9 Å². The molecule has 1 aromatic heterocycles. The highest BCUT2D eigenvalue weighted by atomic mass is 32.2. The summed E-state index contributed by atoms with van der Waals surface area (Å²) in [7, 11) is -2.04. The number of hydrogen-bond acceptors (Lipinski definition) is 5. The third-order valence-electron chi connectivity index (χ3n) is 2.44. The van der Waals surface area contributed by atoms with Gasteiger partial charge < -0.3 is 4.74 Å². The molecule has 0 atom stereocenters. The lowest BCUT2D eigenvalue weighted by molar-refractivity contribution is -0.140. The number of methoxy groups -OCH3 is 1. The largest absolute Gasteiger partial charge is 0.469 e. The molecule has 0 aliphatic heterocycles. The number of rotatable bonds is 7. The molecule has 1 heterocycles. The number of esters is 1. The first-order valence-corrected chi connectivity index (χ1v) is 8.05. The maximum Gasteiger partial charge on any atom is 0.305 e. The van der Waals surface area contributed by atoms with Crippen LogP contribution in [0.1, 0.15) is 23.3 Å². The summed E-state index contributed by atoms with van der Waals surface area (Å²) in [4.78, 5) is 11.9. The molecule has 1 aromatic rings. The van der Waals surface area contributed by atoms with Gasteiger partial charge >= 0.3 is 5.97 Å². The summed E-state index contributed by atoms with van der Waals surface area (Å²) in [5, 5.41) is 1.93. The molecule has 18 heavy (non-hydrogen) atoms. The van der Waals surface area contributed by atoms with Gasteiger partial charge in [-0.05, 0) is 30.4 Å². The van der Waals surface area contributed by atoms with Crippen LogP contribution in [0.15, 0.2) is 11.4 Å². The fourth-order valence-electron chi connectivity index (χ4n) is 1.34. The number of sulfonamides is 1. The normalized spacial score (nSPS) is 11.4. The number of nitrogens with one attached hydrogen (secondary N) is 1. The van der Waals surface area contributed by atoms with Crippen molar-refractivity contribution in [3.63, 3.8) is 0 Å². The Balaban J connectivity index is 2.36. The number of aryl methyl sites for hydroxylation is 1. The quantitative estimate of drug-likeness (QED) is 0.771. The van der Waals surface area contributed by atoms with Gasteiger partial charge in [0, 0.05) is 17.8 Å². The predicted molar refractivity (Wildman–Crippen MR) is 70.9 cm³/mol. The average Bonchev–Trinajstić information content (AvgIpc) is 2.72. The third kappa shape index (κ3) is 5.16. The minimum Gasteiger partial charge on any atom is -0.469 e. The molecule has 5 nitrogen and oxygen atoms in total. The van der Waals surface area contributed by atoms with E-state index in [9.17, 15) is 13.2 Å². The van der Waals surface area contributed by atoms with Gasteiger partial charge in [0.05, 0.1) is 12.9 Å². The van der Waals surface area contributed by atoms with Crippen molar-refractivity contribution in [3.05, 3.63) is 21.9 Å². The molecular formula is C11H17NO4S2. The first kappa shape index (κ1) is 15.1. The fraction of sp³-hybridized carbons (Fsp3) is 0.545. The molecule has 0 aromatic carbocycles. The van der Waals surface area contributed by atoms with Crippen LogP contribution in [0.3, 0.4) is 0 Å². The Morgan fingerprint density at radius 1 is 1.50 bits per heavy atom. The first-order chi connectivity index (χ1) is 8.44. The molecule has 0 aliphatic rings. The van der Waals surface area contributed by atoms with E-state index >= 15 is 0 Å². The molecule has 7 heteroatoms. The van der Waals surface area contributed by atoms with Crippen molar-refractivity contribution in [1.82, 2.24) is 4.72 Å². The van der Waals surface area contributed by atoms with Gasteiger partial charge in [0.25, 0.3) is 0 Å². The van der Waals surface area contributed by atoms with Crippen molar-refractivity contribution >= 4 is 27.3 Å². The highest BCUT2D eigenvalue weighted by molar-refractivity contribution is 7.89. The van der Waals surface area contributed by atoms with Gasteiger partial charge in [-0.3, -0.25) is 4.79 Å². The number of carbonyl (C=O) groups is 1. The lowest BCUT2D eigenvalue weighted by Crippen LogP contribution is -2.26. The second kappa shape index (κ2) is 6.86. The Labute approximate surface area is 111 Å². The van der Waals surface area contributed by atoms with Crippen LogP contribution in [0, 0.1) is 6.92 Å². The highest BCUT2D eigenvalue weighted by Gasteiger charge is 2.12. The van der Waals surface area contributed by atoms with Crippen molar-refractivity contribution in [2.45, 2.75) is 26.3 Å². The Morgan fingerprint density at radius 2 is 2.22 bits per heavy atom. The zero-order valence-electron chi connectivity index (χ0n) is 10.4. The molecule has 0 fully saturated rings. The summed E-state index contributed by atoms with van der Waals surface area (Å²) < 4.78 is 30.3. The second-order valence-electron chi connectivity index (χ2n) is 3.85. The molecule has 1 rings (SSSR count). The van der Waals surface area contributed by atoms with Crippen molar-refractivity contribution in [1.29, 1.82) is 0 Å². The van der Waals surface area contributed by atoms with Crippen molar-refractivity contribution < 1.29 is 17.9 Å². The summed E-state index contributed by atoms with van der Waals surface area (Å²) in [6.07, 6.45) is 0.390. The molecule has 0 bridgehead atoms.